The molecule has 2 aromatic rings. The van der Waals surface area contributed by atoms with Crippen molar-refractivity contribution in [3.63, 3.8) is 0 Å². The maximum Gasteiger partial charge on any atom is 0.279 e. The average Bonchev–Trinajstić information content (AvgIpc) is 3.09. The van der Waals surface area contributed by atoms with Crippen LogP contribution < -0.4 is 19.7 Å². The largest absolute Gasteiger partial charge is 0.486 e. The highest BCUT2D eigenvalue weighted by atomic mass is 19.1. The van der Waals surface area contributed by atoms with Gasteiger partial charge in [0.2, 0.25) is 0 Å². The number of carbonyl (C=O) groups is 1. The Hall–Kier alpha value is -2.60. The van der Waals surface area contributed by atoms with Crippen LogP contribution in [0.15, 0.2) is 42.5 Å². The molecule has 2 aliphatic heterocycles. The summed E-state index contributed by atoms with van der Waals surface area (Å²) in [7, 11) is 0. The van der Waals surface area contributed by atoms with Gasteiger partial charge in [0.1, 0.15) is 25.1 Å². The van der Waals surface area contributed by atoms with E-state index in [9.17, 15) is 9.18 Å². The molecule has 1 saturated heterocycles. The maximum absolute atomic E-state index is 13.3. The zero-order valence-corrected chi connectivity index (χ0v) is 14.5. The van der Waals surface area contributed by atoms with Gasteiger partial charge in [-0.25, -0.2) is 4.39 Å². The first-order chi connectivity index (χ1) is 12.7. The van der Waals surface area contributed by atoms with Crippen LogP contribution in [-0.4, -0.2) is 32.2 Å². The Bertz CT molecular complexity index is 811. The minimum absolute atomic E-state index is 0.102. The smallest absolute Gasteiger partial charge is 0.279 e. The molecule has 0 bridgehead atoms. The van der Waals surface area contributed by atoms with Crippen LogP contribution in [0.5, 0.6) is 11.5 Å². The van der Waals surface area contributed by atoms with Crippen molar-refractivity contribution in [1.29, 1.82) is 0 Å². The Balaban J connectivity index is 1.44. The number of hydrogen-bond donors (Lipinski definition) is 2. The number of quaternary nitrogens is 1. The van der Waals surface area contributed by atoms with E-state index < -0.39 is 0 Å². The van der Waals surface area contributed by atoms with Crippen molar-refractivity contribution in [2.75, 3.05) is 31.6 Å². The molecule has 1 unspecified atom stereocenters. The predicted molar refractivity (Wildman–Crippen MR) is 95.1 cm³/mol. The number of nitrogens with one attached hydrogen (secondary N) is 2. The molecular weight excluding hydrogens is 335 g/mol. The van der Waals surface area contributed by atoms with E-state index in [0.717, 1.165) is 30.9 Å². The highest BCUT2D eigenvalue weighted by Crippen LogP contribution is 2.33. The van der Waals surface area contributed by atoms with E-state index in [4.69, 9.17) is 9.47 Å². The zero-order chi connectivity index (χ0) is 17.9. The lowest BCUT2D eigenvalue weighted by Gasteiger charge is -2.24. The first kappa shape index (κ1) is 16.8. The average molecular weight is 357 g/mol. The van der Waals surface area contributed by atoms with Gasteiger partial charge in [-0.3, -0.25) is 4.79 Å². The molecule has 6 heteroatoms. The first-order valence-corrected chi connectivity index (χ1v) is 8.98. The second-order valence-electron chi connectivity index (χ2n) is 6.74. The Morgan fingerprint density at radius 1 is 1.15 bits per heavy atom. The number of benzene rings is 2. The molecule has 2 N–H and O–H groups in total. The van der Waals surface area contributed by atoms with Crippen molar-refractivity contribution in [1.82, 2.24) is 0 Å². The second kappa shape index (κ2) is 7.33. The Labute approximate surface area is 151 Å². The molecule has 2 heterocycles. The fourth-order valence-electron chi connectivity index (χ4n) is 3.78. The number of likely N-dealkylation sites (tertiary alicyclic amines) is 1. The van der Waals surface area contributed by atoms with Crippen LogP contribution >= 0.6 is 0 Å². The van der Waals surface area contributed by atoms with Gasteiger partial charge < -0.3 is 19.7 Å². The molecule has 0 spiro atoms. The summed E-state index contributed by atoms with van der Waals surface area (Å²) >= 11 is 0. The molecular formula is C20H22FN2O3+. The van der Waals surface area contributed by atoms with Crippen molar-refractivity contribution < 1.29 is 23.6 Å². The summed E-state index contributed by atoms with van der Waals surface area (Å²) in [6.07, 6.45) is 2.10. The van der Waals surface area contributed by atoms with Crippen LogP contribution in [0.3, 0.4) is 0 Å². The van der Waals surface area contributed by atoms with Gasteiger partial charge >= 0.3 is 0 Å². The number of rotatable bonds is 4. The molecule has 1 fully saturated rings. The van der Waals surface area contributed by atoms with E-state index in [0.29, 0.717) is 25.4 Å². The summed E-state index contributed by atoms with van der Waals surface area (Å²) in [5.74, 6) is 1.10. The lowest BCUT2D eigenvalue weighted by molar-refractivity contribution is -0.910. The molecule has 2 aromatic carbocycles. The van der Waals surface area contributed by atoms with Crippen molar-refractivity contribution in [2.45, 2.75) is 18.9 Å². The van der Waals surface area contributed by atoms with E-state index in [2.05, 4.69) is 11.4 Å². The second-order valence-corrected chi connectivity index (χ2v) is 6.74. The minimum Gasteiger partial charge on any atom is -0.486 e. The van der Waals surface area contributed by atoms with Crippen LogP contribution in [0.1, 0.15) is 24.4 Å². The normalized spacial score (nSPS) is 21.4. The van der Waals surface area contributed by atoms with Crippen LogP contribution in [0.25, 0.3) is 0 Å². The molecule has 0 saturated carbocycles. The molecule has 2 atom stereocenters. The van der Waals surface area contributed by atoms with E-state index >= 15 is 0 Å². The molecule has 0 aliphatic carbocycles. The molecule has 5 nitrogen and oxygen atoms in total. The van der Waals surface area contributed by atoms with Crippen molar-refractivity contribution in [3.05, 3.63) is 53.8 Å². The van der Waals surface area contributed by atoms with Gasteiger partial charge in [0.25, 0.3) is 5.91 Å². The Kier molecular flexibility index (Phi) is 4.75. The van der Waals surface area contributed by atoms with Gasteiger partial charge in [0, 0.05) is 24.1 Å². The minimum atomic E-state index is -0.356. The van der Waals surface area contributed by atoms with Gasteiger partial charge in [-0.15, -0.1) is 0 Å². The SMILES string of the molecule is O=C(C[NH+]1CCC[C@@H]1c1ccc2c(c1)OCCO2)Nc1cccc(F)c1. The lowest BCUT2D eigenvalue weighted by Crippen LogP contribution is -3.11. The molecule has 0 radical (unpaired) electrons. The van der Waals surface area contributed by atoms with E-state index in [1.54, 1.807) is 12.1 Å². The lowest BCUT2D eigenvalue weighted by atomic mass is 10.0. The van der Waals surface area contributed by atoms with E-state index in [1.807, 2.05) is 12.1 Å². The highest BCUT2D eigenvalue weighted by Gasteiger charge is 2.32. The third-order valence-electron chi connectivity index (χ3n) is 4.95. The quantitative estimate of drug-likeness (QED) is 0.880. The van der Waals surface area contributed by atoms with Gasteiger partial charge in [0.15, 0.2) is 18.0 Å². The molecule has 26 heavy (non-hydrogen) atoms. The van der Waals surface area contributed by atoms with Gasteiger partial charge in [-0.05, 0) is 36.4 Å². The van der Waals surface area contributed by atoms with Crippen LogP contribution in [0.2, 0.25) is 0 Å². The summed E-state index contributed by atoms with van der Waals surface area (Å²) in [6, 6.07) is 12.3. The molecule has 2 aliphatic rings. The Morgan fingerprint density at radius 2 is 2.00 bits per heavy atom. The summed E-state index contributed by atoms with van der Waals surface area (Å²) in [5.41, 5.74) is 1.66. The number of ether oxygens (including phenoxy) is 2. The summed E-state index contributed by atoms with van der Waals surface area (Å²) < 4.78 is 24.5. The third kappa shape index (κ3) is 3.65. The number of fused-ring (bicyclic) bond motifs is 1. The van der Waals surface area contributed by atoms with Crippen molar-refractivity contribution in [2.24, 2.45) is 0 Å². The van der Waals surface area contributed by atoms with Crippen LogP contribution in [0, 0.1) is 5.82 Å². The summed E-state index contributed by atoms with van der Waals surface area (Å²) in [6.45, 7) is 2.44. The summed E-state index contributed by atoms with van der Waals surface area (Å²) in [4.78, 5) is 13.6. The fraction of sp³-hybridized carbons (Fsp3) is 0.350. The number of halogens is 1. The molecule has 0 aromatic heterocycles. The van der Waals surface area contributed by atoms with Gasteiger partial charge in [-0.1, -0.05) is 6.07 Å². The maximum atomic E-state index is 13.3. The number of amides is 1. The van der Waals surface area contributed by atoms with Crippen molar-refractivity contribution >= 4 is 11.6 Å². The summed E-state index contributed by atoms with van der Waals surface area (Å²) in [5, 5.41) is 2.79. The fourth-order valence-corrected chi connectivity index (χ4v) is 3.78. The first-order valence-electron chi connectivity index (χ1n) is 8.98. The Morgan fingerprint density at radius 3 is 2.85 bits per heavy atom. The number of hydrogen-bond acceptors (Lipinski definition) is 3. The molecule has 1 amide bonds. The number of anilines is 1. The van der Waals surface area contributed by atoms with Crippen LogP contribution in [-0.2, 0) is 4.79 Å². The third-order valence-corrected chi connectivity index (χ3v) is 4.95. The monoisotopic (exact) mass is 357 g/mol. The number of carbonyl (C=O) groups excluding carboxylic acids is 1. The topological polar surface area (TPSA) is 52.0 Å². The highest BCUT2D eigenvalue weighted by molar-refractivity contribution is 5.91. The van der Waals surface area contributed by atoms with Gasteiger partial charge in [0.05, 0.1) is 6.54 Å². The predicted octanol–water partition coefficient (Wildman–Crippen LogP) is 1.96. The van der Waals surface area contributed by atoms with Crippen LogP contribution in [0.4, 0.5) is 10.1 Å². The van der Waals surface area contributed by atoms with E-state index in [1.165, 1.54) is 22.6 Å². The van der Waals surface area contributed by atoms with E-state index in [-0.39, 0.29) is 17.8 Å². The van der Waals surface area contributed by atoms with Crippen molar-refractivity contribution in [3.8, 4) is 11.5 Å². The standard InChI is InChI=1S/C20H21FN2O3/c21-15-3-1-4-16(12-15)22-20(24)13-23-8-2-5-17(23)14-6-7-18-19(11-14)26-10-9-25-18/h1,3-4,6-7,11-12,17H,2,5,8-10,13H2,(H,22,24)/p+1/t17-/m1/s1. The zero-order valence-electron chi connectivity index (χ0n) is 14.5. The van der Waals surface area contributed by atoms with Gasteiger partial charge in [-0.2, -0.15) is 0 Å². The molecule has 4 rings (SSSR count). The molecule has 136 valence electrons.